The summed E-state index contributed by atoms with van der Waals surface area (Å²) in [5.41, 5.74) is 0.192. The summed E-state index contributed by atoms with van der Waals surface area (Å²) >= 11 is 5.71. The second-order valence-electron chi connectivity index (χ2n) is 3.44. The van der Waals surface area contributed by atoms with Gasteiger partial charge in [0.2, 0.25) is 5.91 Å². The molecule has 0 aliphatic carbocycles. The highest BCUT2D eigenvalue weighted by Gasteiger charge is 2.28. The second-order valence-corrected chi connectivity index (χ2v) is 3.87. The van der Waals surface area contributed by atoms with Crippen LogP contribution in [0.25, 0.3) is 0 Å². The Balaban J connectivity index is 2.93. The van der Waals surface area contributed by atoms with Gasteiger partial charge in [-0.05, 0) is 17.7 Å². The molecular weight excluding hydrogens is 262 g/mol. The summed E-state index contributed by atoms with van der Waals surface area (Å²) in [6.07, 6.45) is 0. The van der Waals surface area contributed by atoms with Gasteiger partial charge in [-0.1, -0.05) is 23.7 Å². The number of nitrogens with one attached hydrogen (secondary N) is 1. The summed E-state index contributed by atoms with van der Waals surface area (Å²) in [5, 5.41) is 19.7. The summed E-state index contributed by atoms with van der Waals surface area (Å²) in [6.45, 7) is -0.636. The zero-order valence-electron chi connectivity index (χ0n) is 9.09. The number of halogens is 1. The van der Waals surface area contributed by atoms with Gasteiger partial charge in [-0.2, -0.15) is 0 Å². The van der Waals surface area contributed by atoms with Crippen LogP contribution in [0.3, 0.4) is 0 Å². The number of hydrogen-bond acceptors (Lipinski definition) is 3. The van der Waals surface area contributed by atoms with E-state index < -0.39 is 30.3 Å². The van der Waals surface area contributed by atoms with E-state index in [2.05, 4.69) is 0 Å². The van der Waals surface area contributed by atoms with E-state index in [4.69, 9.17) is 21.8 Å². The van der Waals surface area contributed by atoms with Crippen LogP contribution in [-0.2, 0) is 14.4 Å². The smallest absolute Gasteiger partial charge is 0.322 e. The Kier molecular flexibility index (Phi) is 4.67. The van der Waals surface area contributed by atoms with E-state index in [1.165, 1.54) is 18.2 Å². The predicted octanol–water partition coefficient (Wildman–Crippen LogP) is 0.709. The highest BCUT2D eigenvalue weighted by molar-refractivity contribution is 6.30. The Morgan fingerprint density at radius 2 is 1.94 bits per heavy atom. The largest absolute Gasteiger partial charge is 0.480 e. The monoisotopic (exact) mass is 271 g/mol. The molecule has 96 valence electrons. The van der Waals surface area contributed by atoms with Gasteiger partial charge in [0, 0.05) is 5.02 Å². The van der Waals surface area contributed by atoms with Crippen LogP contribution < -0.4 is 5.32 Å². The first-order chi connectivity index (χ1) is 8.41. The molecule has 0 aliphatic heterocycles. The lowest BCUT2D eigenvalue weighted by atomic mass is 9.98. The highest BCUT2D eigenvalue weighted by atomic mass is 35.5. The fraction of sp³-hybridized carbons (Fsp3) is 0.182. The molecule has 0 heterocycles. The van der Waals surface area contributed by atoms with Crippen molar-refractivity contribution < 1.29 is 24.6 Å². The molecule has 1 aromatic rings. The van der Waals surface area contributed by atoms with Crippen molar-refractivity contribution in [2.24, 2.45) is 0 Å². The summed E-state index contributed by atoms with van der Waals surface area (Å²) in [7, 11) is 0. The Morgan fingerprint density at radius 1 is 1.28 bits per heavy atom. The molecule has 0 bridgehead atoms. The molecule has 1 rings (SSSR count). The maximum absolute atomic E-state index is 11.6. The van der Waals surface area contributed by atoms with Crippen molar-refractivity contribution in [1.29, 1.82) is 0 Å². The molecule has 3 N–H and O–H groups in total. The highest BCUT2D eigenvalue weighted by Crippen LogP contribution is 2.20. The molecule has 0 saturated carbocycles. The average Bonchev–Trinajstić information content (AvgIpc) is 2.26. The van der Waals surface area contributed by atoms with Gasteiger partial charge in [0.1, 0.15) is 6.54 Å². The lowest BCUT2D eigenvalue weighted by Crippen LogP contribution is -2.36. The molecule has 1 amide bonds. The Hall–Kier alpha value is -2.08. The Morgan fingerprint density at radius 3 is 2.44 bits per heavy atom. The first-order valence-electron chi connectivity index (χ1n) is 4.89. The molecule has 7 heteroatoms. The van der Waals surface area contributed by atoms with Gasteiger partial charge in [-0.15, -0.1) is 0 Å². The lowest BCUT2D eigenvalue weighted by Gasteiger charge is -2.12. The van der Waals surface area contributed by atoms with Crippen LogP contribution in [0.5, 0.6) is 0 Å². The summed E-state index contributed by atoms with van der Waals surface area (Å²) in [4.78, 5) is 33.0. The SMILES string of the molecule is O=C(O)CNC(=O)C(C(=O)O)c1cccc(Cl)c1. The Bertz CT molecular complexity index is 488. The van der Waals surface area contributed by atoms with Crippen LogP contribution >= 0.6 is 11.6 Å². The fourth-order valence-corrected chi connectivity index (χ4v) is 1.56. The number of amides is 1. The van der Waals surface area contributed by atoms with Crippen molar-refractivity contribution in [2.45, 2.75) is 5.92 Å². The zero-order valence-corrected chi connectivity index (χ0v) is 9.85. The van der Waals surface area contributed by atoms with Gasteiger partial charge in [-0.3, -0.25) is 14.4 Å². The van der Waals surface area contributed by atoms with E-state index in [-0.39, 0.29) is 5.56 Å². The molecule has 6 nitrogen and oxygen atoms in total. The van der Waals surface area contributed by atoms with Crippen molar-refractivity contribution in [3.05, 3.63) is 34.9 Å². The third kappa shape index (κ3) is 3.74. The van der Waals surface area contributed by atoms with Crippen molar-refractivity contribution in [1.82, 2.24) is 5.32 Å². The van der Waals surface area contributed by atoms with Crippen molar-refractivity contribution in [3.63, 3.8) is 0 Å². The third-order valence-corrected chi connectivity index (χ3v) is 2.34. The van der Waals surface area contributed by atoms with Gasteiger partial charge in [0.05, 0.1) is 0 Å². The number of benzene rings is 1. The van der Waals surface area contributed by atoms with E-state index in [9.17, 15) is 14.4 Å². The quantitative estimate of drug-likeness (QED) is 0.684. The number of rotatable bonds is 5. The molecule has 0 aliphatic rings. The number of carboxylic acid groups (broad SMARTS) is 2. The van der Waals surface area contributed by atoms with Crippen LogP contribution in [0.4, 0.5) is 0 Å². The fourth-order valence-electron chi connectivity index (χ4n) is 1.36. The van der Waals surface area contributed by atoms with Crippen molar-refractivity contribution in [3.8, 4) is 0 Å². The molecule has 18 heavy (non-hydrogen) atoms. The van der Waals surface area contributed by atoms with E-state index in [1.807, 2.05) is 5.32 Å². The maximum Gasteiger partial charge on any atom is 0.322 e. The third-order valence-electron chi connectivity index (χ3n) is 2.10. The van der Waals surface area contributed by atoms with Gasteiger partial charge >= 0.3 is 11.9 Å². The normalized spacial score (nSPS) is 11.6. The number of carbonyl (C=O) groups is 3. The van der Waals surface area contributed by atoms with Crippen molar-refractivity contribution >= 4 is 29.4 Å². The van der Waals surface area contributed by atoms with E-state index >= 15 is 0 Å². The number of carboxylic acids is 2. The minimum absolute atomic E-state index is 0.192. The minimum Gasteiger partial charge on any atom is -0.480 e. The second kappa shape index (κ2) is 6.02. The van der Waals surface area contributed by atoms with Crippen LogP contribution in [0.1, 0.15) is 11.5 Å². The van der Waals surface area contributed by atoms with Crippen LogP contribution in [-0.4, -0.2) is 34.6 Å². The molecule has 1 atom stereocenters. The van der Waals surface area contributed by atoms with Gasteiger partial charge in [0.25, 0.3) is 0 Å². The molecular formula is C11H10ClNO5. The zero-order chi connectivity index (χ0) is 13.7. The molecule has 0 radical (unpaired) electrons. The number of hydrogen-bond donors (Lipinski definition) is 3. The molecule has 0 fully saturated rings. The average molecular weight is 272 g/mol. The molecule has 0 saturated heterocycles. The molecule has 0 aromatic heterocycles. The van der Waals surface area contributed by atoms with E-state index in [0.29, 0.717) is 5.02 Å². The molecule has 0 spiro atoms. The standard InChI is InChI=1S/C11H10ClNO5/c12-7-3-1-2-6(4-7)9(11(17)18)10(16)13-5-8(14)15/h1-4,9H,5H2,(H,13,16)(H,14,15)(H,17,18). The predicted molar refractivity (Wildman–Crippen MR) is 62.5 cm³/mol. The minimum atomic E-state index is -1.48. The van der Waals surface area contributed by atoms with Crippen LogP contribution in [0.15, 0.2) is 24.3 Å². The summed E-state index contributed by atoms with van der Waals surface area (Å²) < 4.78 is 0. The summed E-state index contributed by atoms with van der Waals surface area (Å²) in [5.74, 6) is -5.01. The molecule has 1 aromatic carbocycles. The van der Waals surface area contributed by atoms with E-state index in [0.717, 1.165) is 0 Å². The van der Waals surface area contributed by atoms with Gasteiger partial charge < -0.3 is 15.5 Å². The maximum atomic E-state index is 11.6. The van der Waals surface area contributed by atoms with Crippen molar-refractivity contribution in [2.75, 3.05) is 6.54 Å². The lowest BCUT2D eigenvalue weighted by molar-refractivity contribution is -0.145. The van der Waals surface area contributed by atoms with Crippen LogP contribution in [0.2, 0.25) is 5.02 Å². The van der Waals surface area contributed by atoms with Gasteiger partial charge in [0.15, 0.2) is 5.92 Å². The van der Waals surface area contributed by atoms with Gasteiger partial charge in [-0.25, -0.2) is 0 Å². The Labute approximate surface area is 107 Å². The summed E-state index contributed by atoms with van der Waals surface area (Å²) in [6, 6.07) is 5.84. The number of aliphatic carboxylic acids is 2. The first-order valence-corrected chi connectivity index (χ1v) is 5.27. The topological polar surface area (TPSA) is 104 Å². The van der Waals surface area contributed by atoms with Crippen LogP contribution in [0, 0.1) is 0 Å². The first kappa shape index (κ1) is 14.0. The molecule has 1 unspecified atom stereocenters. The number of carbonyl (C=O) groups excluding carboxylic acids is 1. The van der Waals surface area contributed by atoms with E-state index in [1.54, 1.807) is 6.07 Å².